The van der Waals surface area contributed by atoms with Crippen molar-refractivity contribution in [1.82, 2.24) is 16.0 Å². The Morgan fingerprint density at radius 3 is 1.89 bits per heavy atom. The van der Waals surface area contributed by atoms with Crippen molar-refractivity contribution in [3.8, 4) is 0 Å². The zero-order valence-electron chi connectivity index (χ0n) is 23.5. The minimum atomic E-state index is -1.73. The van der Waals surface area contributed by atoms with Gasteiger partial charge in [-0.25, -0.2) is 14.4 Å². The number of hydrogen-bond donors (Lipinski definition) is 3. The monoisotopic (exact) mass is 521 g/mol. The van der Waals surface area contributed by atoms with E-state index in [1.54, 1.807) is 65.8 Å². The van der Waals surface area contributed by atoms with Crippen LogP contribution in [0.25, 0.3) is 0 Å². The lowest BCUT2D eigenvalue weighted by molar-refractivity contribution is -0.146. The number of ether oxygens (including phenoxy) is 3. The number of benzene rings is 1. The Labute approximate surface area is 220 Å². The molecule has 0 saturated carbocycles. The van der Waals surface area contributed by atoms with E-state index in [0.29, 0.717) is 12.0 Å². The smallest absolute Gasteiger partial charge is 0.408 e. The van der Waals surface area contributed by atoms with Crippen LogP contribution >= 0.6 is 0 Å². The van der Waals surface area contributed by atoms with Gasteiger partial charge in [0.2, 0.25) is 5.91 Å². The lowest BCUT2D eigenvalue weighted by Crippen LogP contribution is -2.67. The number of hydrogen-bond acceptors (Lipinski definition) is 7. The summed E-state index contributed by atoms with van der Waals surface area (Å²) in [6.07, 6.45) is -1.32. The Kier molecular flexibility index (Phi) is 11.4. The van der Waals surface area contributed by atoms with Crippen LogP contribution in [-0.2, 0) is 30.2 Å². The highest BCUT2D eigenvalue weighted by molar-refractivity contribution is 5.94. The predicted molar refractivity (Wildman–Crippen MR) is 140 cm³/mol. The van der Waals surface area contributed by atoms with Crippen molar-refractivity contribution in [3.63, 3.8) is 0 Å². The van der Waals surface area contributed by atoms with E-state index in [1.807, 2.05) is 19.9 Å². The van der Waals surface area contributed by atoms with Crippen LogP contribution in [0.5, 0.6) is 0 Å². The molecule has 3 amide bonds. The average Bonchev–Trinajstić information content (AvgIpc) is 2.74. The molecule has 0 fully saturated rings. The summed E-state index contributed by atoms with van der Waals surface area (Å²) >= 11 is 0. The number of alkyl carbamates (subject to hydrolysis) is 2. The van der Waals surface area contributed by atoms with Crippen molar-refractivity contribution in [2.45, 2.75) is 91.0 Å². The summed E-state index contributed by atoms with van der Waals surface area (Å²) in [4.78, 5) is 51.8. The normalized spacial score (nSPS) is 14.1. The van der Waals surface area contributed by atoms with Gasteiger partial charge in [-0.15, -0.1) is 0 Å². The summed E-state index contributed by atoms with van der Waals surface area (Å²) < 4.78 is 15.7. The number of amides is 3. The second-order valence-corrected chi connectivity index (χ2v) is 11.4. The third-order valence-corrected chi connectivity index (χ3v) is 4.96. The van der Waals surface area contributed by atoms with Crippen molar-refractivity contribution < 1.29 is 33.4 Å². The van der Waals surface area contributed by atoms with E-state index >= 15 is 0 Å². The number of carbonyl (C=O) groups is 4. The van der Waals surface area contributed by atoms with Crippen molar-refractivity contribution >= 4 is 24.1 Å². The quantitative estimate of drug-likeness (QED) is 0.316. The molecule has 0 heterocycles. The topological polar surface area (TPSA) is 132 Å². The molecule has 3 N–H and O–H groups in total. The Balaban J connectivity index is 3.49. The summed E-state index contributed by atoms with van der Waals surface area (Å²) in [7, 11) is 1.24. The van der Waals surface area contributed by atoms with E-state index in [0.717, 1.165) is 0 Å². The lowest BCUT2D eigenvalue weighted by atomic mass is 9.88. The number of methoxy groups -OCH3 is 1. The maximum absolute atomic E-state index is 13.9. The molecule has 0 aliphatic heterocycles. The van der Waals surface area contributed by atoms with E-state index < -0.39 is 46.8 Å². The van der Waals surface area contributed by atoms with Gasteiger partial charge < -0.3 is 30.2 Å². The molecule has 1 aromatic carbocycles. The summed E-state index contributed by atoms with van der Waals surface area (Å²) in [6.45, 7) is 13.7. The van der Waals surface area contributed by atoms with Crippen molar-refractivity contribution in [2.75, 3.05) is 13.7 Å². The zero-order chi connectivity index (χ0) is 28.4. The molecular weight excluding hydrogens is 478 g/mol. The number of rotatable bonds is 10. The zero-order valence-corrected chi connectivity index (χ0v) is 23.5. The average molecular weight is 522 g/mol. The Bertz CT molecular complexity index is 920. The third kappa shape index (κ3) is 12.0. The van der Waals surface area contributed by atoms with Crippen LogP contribution in [0.4, 0.5) is 9.59 Å². The van der Waals surface area contributed by atoms with Crippen LogP contribution in [0.1, 0.15) is 67.4 Å². The highest BCUT2D eigenvalue weighted by Gasteiger charge is 2.43. The van der Waals surface area contributed by atoms with Crippen molar-refractivity contribution in [2.24, 2.45) is 5.92 Å². The fourth-order valence-electron chi connectivity index (χ4n) is 3.47. The Morgan fingerprint density at radius 2 is 1.41 bits per heavy atom. The van der Waals surface area contributed by atoms with Crippen LogP contribution in [-0.4, -0.2) is 60.5 Å². The van der Waals surface area contributed by atoms with E-state index in [1.165, 1.54) is 7.11 Å². The molecule has 208 valence electrons. The summed E-state index contributed by atoms with van der Waals surface area (Å²) in [5.74, 6) is -1.24. The molecule has 0 bridgehead atoms. The molecule has 1 unspecified atom stereocenters. The van der Waals surface area contributed by atoms with Crippen LogP contribution < -0.4 is 16.0 Å². The first kappa shape index (κ1) is 31.7. The second kappa shape index (κ2) is 13.3. The van der Waals surface area contributed by atoms with Gasteiger partial charge in [0.1, 0.15) is 22.8 Å². The maximum Gasteiger partial charge on any atom is 0.408 e. The molecule has 0 spiro atoms. The number of nitrogens with one attached hydrogen (secondary N) is 3. The van der Waals surface area contributed by atoms with Gasteiger partial charge in [-0.05, 0) is 59.4 Å². The largest absolute Gasteiger partial charge is 0.467 e. The maximum atomic E-state index is 13.9. The van der Waals surface area contributed by atoms with Gasteiger partial charge >= 0.3 is 18.2 Å². The lowest BCUT2D eigenvalue weighted by Gasteiger charge is -2.36. The molecule has 0 saturated heterocycles. The van der Waals surface area contributed by atoms with E-state index in [-0.39, 0.29) is 18.9 Å². The molecule has 10 heteroatoms. The molecule has 0 aromatic heterocycles. The molecule has 1 aromatic rings. The molecule has 0 radical (unpaired) electrons. The van der Waals surface area contributed by atoms with Gasteiger partial charge in [-0.3, -0.25) is 4.79 Å². The first-order valence-corrected chi connectivity index (χ1v) is 12.4. The molecule has 0 aliphatic carbocycles. The Morgan fingerprint density at radius 1 is 0.865 bits per heavy atom. The second-order valence-electron chi connectivity index (χ2n) is 11.4. The molecule has 37 heavy (non-hydrogen) atoms. The molecular formula is C27H43N3O7. The van der Waals surface area contributed by atoms with Crippen molar-refractivity contribution in [3.05, 3.63) is 35.9 Å². The van der Waals surface area contributed by atoms with Gasteiger partial charge in [-0.1, -0.05) is 44.2 Å². The molecule has 0 aliphatic rings. The predicted octanol–water partition coefficient (Wildman–Crippen LogP) is 3.72. The minimum absolute atomic E-state index is 0.00964. The van der Waals surface area contributed by atoms with E-state index in [2.05, 4.69) is 16.0 Å². The number of carbonyl (C=O) groups excluding carboxylic acids is 4. The van der Waals surface area contributed by atoms with Crippen molar-refractivity contribution in [1.29, 1.82) is 0 Å². The van der Waals surface area contributed by atoms with Gasteiger partial charge in [0.05, 0.1) is 13.7 Å². The third-order valence-electron chi connectivity index (χ3n) is 4.96. The van der Waals surface area contributed by atoms with E-state index in [4.69, 9.17) is 14.2 Å². The number of esters is 1. The first-order chi connectivity index (χ1) is 17.0. The molecule has 1 rings (SSSR count). The van der Waals surface area contributed by atoms with E-state index in [9.17, 15) is 19.2 Å². The van der Waals surface area contributed by atoms with Gasteiger partial charge in [0.15, 0.2) is 0 Å². The fraction of sp³-hybridized carbons (Fsp3) is 0.630. The van der Waals surface area contributed by atoms with Gasteiger partial charge in [0, 0.05) is 6.42 Å². The SMILES string of the molecule is COC(=O)C(CC(C)C)NC(=O)[C@](CNC(=O)OC(C)(C)C)(Cc1ccccc1)NC(=O)OC(C)(C)C. The molecule has 10 nitrogen and oxygen atoms in total. The van der Waals surface area contributed by atoms with Gasteiger partial charge in [-0.2, -0.15) is 0 Å². The van der Waals surface area contributed by atoms with Gasteiger partial charge in [0.25, 0.3) is 0 Å². The highest BCUT2D eigenvalue weighted by Crippen LogP contribution is 2.18. The highest BCUT2D eigenvalue weighted by atomic mass is 16.6. The standard InChI is InChI=1S/C27H43N3O7/c1-18(2)15-20(21(31)35-9)29-22(32)27(16-19-13-11-10-12-14-19,30-24(34)37-26(6,7)8)17-28-23(33)36-25(3,4)5/h10-14,18,20H,15-17H2,1-9H3,(H,28,33)(H,29,32)(H,30,34)/t20?,27-/m1/s1. The summed E-state index contributed by atoms with van der Waals surface area (Å²) in [6, 6.07) is 8.03. The summed E-state index contributed by atoms with van der Waals surface area (Å²) in [5.41, 5.74) is -2.65. The fourth-order valence-corrected chi connectivity index (χ4v) is 3.47. The first-order valence-electron chi connectivity index (χ1n) is 12.4. The van der Waals surface area contributed by atoms with Crippen LogP contribution in [0.3, 0.4) is 0 Å². The Hall–Kier alpha value is -3.30. The molecule has 2 atom stereocenters. The van der Waals surface area contributed by atoms with Crippen LogP contribution in [0.15, 0.2) is 30.3 Å². The van der Waals surface area contributed by atoms with Crippen LogP contribution in [0, 0.1) is 5.92 Å². The summed E-state index contributed by atoms with van der Waals surface area (Å²) in [5, 5.41) is 8.00. The minimum Gasteiger partial charge on any atom is -0.467 e. The van der Waals surface area contributed by atoms with Crippen LogP contribution in [0.2, 0.25) is 0 Å².